The first-order valence-electron chi connectivity index (χ1n) is 8.79. The minimum Gasteiger partial charge on any atom is -0.445 e. The first kappa shape index (κ1) is 19.0. The van der Waals surface area contributed by atoms with Crippen molar-refractivity contribution in [2.24, 2.45) is 5.92 Å². The molecule has 1 atom stereocenters. The van der Waals surface area contributed by atoms with E-state index >= 15 is 0 Å². The van der Waals surface area contributed by atoms with Gasteiger partial charge >= 0.3 is 6.09 Å². The Morgan fingerprint density at radius 3 is 2.24 bits per heavy atom. The SMILES string of the molecule is C[C@H](CCCO)CN(Cc1ccccc1)C(=O)OCc1ccccc1. The van der Waals surface area contributed by atoms with Gasteiger partial charge in [-0.15, -0.1) is 0 Å². The summed E-state index contributed by atoms with van der Waals surface area (Å²) in [4.78, 5) is 14.3. The minimum absolute atomic E-state index is 0.182. The smallest absolute Gasteiger partial charge is 0.410 e. The van der Waals surface area contributed by atoms with Gasteiger partial charge in [0.15, 0.2) is 0 Å². The molecule has 0 aliphatic carbocycles. The lowest BCUT2D eigenvalue weighted by atomic mass is 10.1. The van der Waals surface area contributed by atoms with Crippen LogP contribution in [-0.4, -0.2) is 29.3 Å². The van der Waals surface area contributed by atoms with Gasteiger partial charge in [-0.2, -0.15) is 0 Å². The van der Waals surface area contributed by atoms with E-state index in [0.717, 1.165) is 24.0 Å². The number of benzene rings is 2. The third-order valence-corrected chi connectivity index (χ3v) is 4.07. The van der Waals surface area contributed by atoms with Crippen molar-refractivity contribution in [2.45, 2.75) is 32.9 Å². The quantitative estimate of drug-likeness (QED) is 0.742. The summed E-state index contributed by atoms with van der Waals surface area (Å²) in [5, 5.41) is 9.00. The van der Waals surface area contributed by atoms with Crippen LogP contribution >= 0.6 is 0 Å². The van der Waals surface area contributed by atoms with E-state index in [1.54, 1.807) is 4.90 Å². The van der Waals surface area contributed by atoms with Crippen LogP contribution in [0.25, 0.3) is 0 Å². The van der Waals surface area contributed by atoms with Gasteiger partial charge in [0.25, 0.3) is 0 Å². The van der Waals surface area contributed by atoms with Crippen molar-refractivity contribution in [1.29, 1.82) is 0 Å². The van der Waals surface area contributed by atoms with Crippen molar-refractivity contribution in [3.63, 3.8) is 0 Å². The molecule has 1 N–H and O–H groups in total. The van der Waals surface area contributed by atoms with Gasteiger partial charge in [0.1, 0.15) is 6.61 Å². The summed E-state index contributed by atoms with van der Waals surface area (Å²) < 4.78 is 5.51. The number of hydrogen-bond acceptors (Lipinski definition) is 3. The van der Waals surface area contributed by atoms with Crippen LogP contribution in [-0.2, 0) is 17.9 Å². The van der Waals surface area contributed by atoms with Gasteiger partial charge < -0.3 is 14.7 Å². The number of carbonyl (C=O) groups excluding carboxylic acids is 1. The third kappa shape index (κ3) is 6.98. The van der Waals surface area contributed by atoms with Gasteiger partial charge in [-0.3, -0.25) is 0 Å². The maximum Gasteiger partial charge on any atom is 0.410 e. The number of carbonyl (C=O) groups is 1. The molecule has 0 heterocycles. The zero-order valence-corrected chi connectivity index (χ0v) is 14.8. The van der Waals surface area contributed by atoms with Crippen LogP contribution in [0.1, 0.15) is 30.9 Å². The Kier molecular flexibility index (Phi) is 7.99. The topological polar surface area (TPSA) is 49.8 Å². The van der Waals surface area contributed by atoms with Gasteiger partial charge in [-0.25, -0.2) is 4.79 Å². The van der Waals surface area contributed by atoms with E-state index < -0.39 is 0 Å². The second-order valence-corrected chi connectivity index (χ2v) is 6.38. The van der Waals surface area contributed by atoms with E-state index in [1.807, 2.05) is 60.7 Å². The first-order valence-corrected chi connectivity index (χ1v) is 8.79. The van der Waals surface area contributed by atoms with Crippen LogP contribution in [0.15, 0.2) is 60.7 Å². The molecule has 25 heavy (non-hydrogen) atoms. The minimum atomic E-state index is -0.302. The Morgan fingerprint density at radius 2 is 1.64 bits per heavy atom. The predicted octanol–water partition coefficient (Wildman–Crippen LogP) is 4.23. The molecular weight excluding hydrogens is 314 g/mol. The standard InChI is InChI=1S/C21H27NO3/c1-18(9-8-14-23)15-22(16-19-10-4-2-5-11-19)21(24)25-17-20-12-6-3-7-13-20/h2-7,10-13,18,23H,8-9,14-17H2,1H3/t18-/m1/s1. The normalized spacial score (nSPS) is 11.8. The molecule has 2 aromatic rings. The lowest BCUT2D eigenvalue weighted by Crippen LogP contribution is -2.34. The number of nitrogens with zero attached hydrogens (tertiary/aromatic N) is 1. The Hall–Kier alpha value is -2.33. The van der Waals surface area contributed by atoms with Crippen LogP contribution in [0, 0.1) is 5.92 Å². The lowest BCUT2D eigenvalue weighted by Gasteiger charge is -2.25. The van der Waals surface area contributed by atoms with Gasteiger partial charge in [-0.05, 0) is 29.9 Å². The molecule has 0 bridgehead atoms. The van der Waals surface area contributed by atoms with E-state index in [2.05, 4.69) is 6.92 Å². The third-order valence-electron chi connectivity index (χ3n) is 4.07. The molecule has 0 saturated carbocycles. The van der Waals surface area contributed by atoms with Crippen molar-refractivity contribution >= 4 is 6.09 Å². The van der Waals surface area contributed by atoms with Crippen LogP contribution in [0.5, 0.6) is 0 Å². The van der Waals surface area contributed by atoms with E-state index in [9.17, 15) is 4.79 Å². The molecular formula is C21H27NO3. The Morgan fingerprint density at radius 1 is 1.04 bits per heavy atom. The van der Waals surface area contributed by atoms with Crippen molar-refractivity contribution in [3.8, 4) is 0 Å². The number of aliphatic hydroxyl groups is 1. The number of hydrogen-bond donors (Lipinski definition) is 1. The molecule has 2 rings (SSSR count). The Labute approximate surface area is 150 Å². The van der Waals surface area contributed by atoms with Gasteiger partial charge in [0.05, 0.1) is 0 Å². The molecule has 4 nitrogen and oxygen atoms in total. The van der Waals surface area contributed by atoms with E-state index in [-0.39, 0.29) is 19.3 Å². The highest BCUT2D eigenvalue weighted by molar-refractivity contribution is 5.67. The molecule has 0 aliphatic rings. The van der Waals surface area contributed by atoms with E-state index in [1.165, 1.54) is 0 Å². The molecule has 134 valence electrons. The fourth-order valence-electron chi connectivity index (χ4n) is 2.73. The summed E-state index contributed by atoms with van der Waals surface area (Å²) in [6, 6.07) is 19.6. The van der Waals surface area contributed by atoms with Crippen molar-refractivity contribution in [2.75, 3.05) is 13.2 Å². The largest absolute Gasteiger partial charge is 0.445 e. The molecule has 1 amide bonds. The number of ether oxygens (including phenoxy) is 1. The molecule has 0 saturated heterocycles. The van der Waals surface area contributed by atoms with Gasteiger partial charge in [0, 0.05) is 19.7 Å². The van der Waals surface area contributed by atoms with Gasteiger partial charge in [-0.1, -0.05) is 67.6 Å². The average molecular weight is 341 g/mol. The zero-order valence-electron chi connectivity index (χ0n) is 14.8. The van der Waals surface area contributed by atoms with E-state index in [0.29, 0.717) is 19.0 Å². The maximum absolute atomic E-state index is 12.6. The Balaban J connectivity index is 1.97. The van der Waals surface area contributed by atoms with Crippen LogP contribution in [0.2, 0.25) is 0 Å². The van der Waals surface area contributed by atoms with Crippen LogP contribution in [0.3, 0.4) is 0 Å². The van der Waals surface area contributed by atoms with Crippen LogP contribution in [0.4, 0.5) is 4.79 Å². The van der Waals surface area contributed by atoms with Crippen molar-refractivity contribution < 1.29 is 14.6 Å². The molecule has 0 radical (unpaired) electrons. The fourth-order valence-corrected chi connectivity index (χ4v) is 2.73. The maximum atomic E-state index is 12.6. The molecule has 0 fully saturated rings. The zero-order chi connectivity index (χ0) is 17.9. The molecule has 2 aromatic carbocycles. The average Bonchev–Trinajstić information content (AvgIpc) is 2.65. The number of aliphatic hydroxyl groups excluding tert-OH is 1. The lowest BCUT2D eigenvalue weighted by molar-refractivity contribution is 0.0873. The van der Waals surface area contributed by atoms with E-state index in [4.69, 9.17) is 9.84 Å². The first-order chi connectivity index (χ1) is 12.2. The monoisotopic (exact) mass is 341 g/mol. The van der Waals surface area contributed by atoms with Crippen molar-refractivity contribution in [3.05, 3.63) is 71.8 Å². The predicted molar refractivity (Wildman–Crippen MR) is 99.0 cm³/mol. The summed E-state index contributed by atoms with van der Waals surface area (Å²) >= 11 is 0. The highest BCUT2D eigenvalue weighted by atomic mass is 16.6. The number of amides is 1. The summed E-state index contributed by atoms with van der Waals surface area (Å²) in [5.74, 6) is 0.306. The molecule has 4 heteroatoms. The molecule has 0 aliphatic heterocycles. The number of rotatable bonds is 9. The highest BCUT2D eigenvalue weighted by Crippen LogP contribution is 2.13. The summed E-state index contributed by atoms with van der Waals surface area (Å²) in [7, 11) is 0. The molecule has 0 spiro atoms. The summed E-state index contributed by atoms with van der Waals surface area (Å²) in [6.07, 6.45) is 1.33. The van der Waals surface area contributed by atoms with Crippen molar-refractivity contribution in [1.82, 2.24) is 4.90 Å². The second-order valence-electron chi connectivity index (χ2n) is 6.38. The fraction of sp³-hybridized carbons (Fsp3) is 0.381. The molecule has 0 unspecified atom stereocenters. The molecule has 0 aromatic heterocycles. The highest BCUT2D eigenvalue weighted by Gasteiger charge is 2.18. The second kappa shape index (κ2) is 10.5. The van der Waals surface area contributed by atoms with Gasteiger partial charge in [0.2, 0.25) is 0 Å². The summed E-state index contributed by atoms with van der Waals surface area (Å²) in [5.41, 5.74) is 2.05. The summed E-state index contributed by atoms with van der Waals surface area (Å²) in [6.45, 7) is 3.69. The van der Waals surface area contributed by atoms with Crippen LogP contribution < -0.4 is 0 Å². The Bertz CT molecular complexity index is 616.